The van der Waals surface area contributed by atoms with Crippen LogP contribution in [0, 0.1) is 11.3 Å². The van der Waals surface area contributed by atoms with E-state index in [1.54, 1.807) is 19.4 Å². The topological polar surface area (TPSA) is 109 Å². The van der Waals surface area contributed by atoms with E-state index in [1.807, 2.05) is 18.2 Å². The zero-order chi connectivity index (χ0) is 21.0. The molecule has 3 heterocycles. The number of nitrogens with one attached hydrogen (secondary N) is 3. The van der Waals surface area contributed by atoms with Gasteiger partial charge in [-0.1, -0.05) is 18.9 Å². The third-order valence-electron chi connectivity index (χ3n) is 6.02. The molecule has 1 saturated heterocycles. The molecule has 2 aromatic rings. The van der Waals surface area contributed by atoms with Crippen molar-refractivity contribution in [2.75, 3.05) is 31.0 Å². The van der Waals surface area contributed by atoms with Crippen molar-refractivity contribution in [3.05, 3.63) is 41.7 Å². The van der Waals surface area contributed by atoms with Gasteiger partial charge in [-0.05, 0) is 25.0 Å². The minimum absolute atomic E-state index is 0.240. The van der Waals surface area contributed by atoms with Gasteiger partial charge in [0.1, 0.15) is 17.2 Å². The number of anilines is 3. The highest BCUT2D eigenvalue weighted by atomic mass is 16.5. The molecule has 0 bridgehead atoms. The quantitative estimate of drug-likeness (QED) is 0.454. The molecule has 2 aromatic heterocycles. The molecule has 1 unspecified atom stereocenters. The van der Waals surface area contributed by atoms with Gasteiger partial charge in [0.15, 0.2) is 0 Å². The minimum Gasteiger partial charge on any atom is -0.378 e. The number of rotatable bonds is 8. The summed E-state index contributed by atoms with van der Waals surface area (Å²) in [6.07, 6.45) is 7.35. The first-order valence-electron chi connectivity index (χ1n) is 10.3. The van der Waals surface area contributed by atoms with Crippen LogP contribution in [-0.2, 0) is 19.9 Å². The Hall–Kier alpha value is -2.84. The highest BCUT2D eigenvalue weighted by Crippen LogP contribution is 2.35. The predicted molar refractivity (Wildman–Crippen MR) is 114 cm³/mol. The number of ether oxygens (including phenoxy) is 2. The molecule has 1 aliphatic heterocycles. The number of amides is 1. The van der Waals surface area contributed by atoms with E-state index >= 15 is 0 Å². The molecule has 0 radical (unpaired) electrons. The lowest BCUT2D eigenvalue weighted by Gasteiger charge is -2.25. The van der Waals surface area contributed by atoms with E-state index < -0.39 is 5.60 Å². The minimum atomic E-state index is -0.542. The summed E-state index contributed by atoms with van der Waals surface area (Å²) in [4.78, 5) is 19.9. The van der Waals surface area contributed by atoms with Gasteiger partial charge in [0.2, 0.25) is 6.41 Å². The van der Waals surface area contributed by atoms with Crippen LogP contribution in [0.25, 0.3) is 0 Å². The fourth-order valence-electron chi connectivity index (χ4n) is 4.26. The van der Waals surface area contributed by atoms with Gasteiger partial charge < -0.3 is 25.5 Å². The lowest BCUT2D eigenvalue weighted by atomic mass is 9.95. The van der Waals surface area contributed by atoms with E-state index in [-0.39, 0.29) is 5.92 Å². The van der Waals surface area contributed by atoms with E-state index in [4.69, 9.17) is 19.9 Å². The van der Waals surface area contributed by atoms with E-state index in [0.717, 1.165) is 43.4 Å². The van der Waals surface area contributed by atoms with Crippen molar-refractivity contribution < 1.29 is 14.3 Å². The summed E-state index contributed by atoms with van der Waals surface area (Å²) >= 11 is 0. The lowest BCUT2D eigenvalue weighted by molar-refractivity contribution is -0.105. The summed E-state index contributed by atoms with van der Waals surface area (Å²) in [5.74, 6) is 1.30. The smallest absolute Gasteiger partial charge is 0.212 e. The van der Waals surface area contributed by atoms with Crippen molar-refractivity contribution in [2.24, 2.45) is 5.92 Å². The van der Waals surface area contributed by atoms with Crippen molar-refractivity contribution in [3.63, 3.8) is 0 Å². The third kappa shape index (κ3) is 4.06. The Labute approximate surface area is 175 Å². The van der Waals surface area contributed by atoms with Crippen molar-refractivity contribution in [3.8, 4) is 0 Å². The second-order valence-electron chi connectivity index (χ2n) is 7.81. The van der Waals surface area contributed by atoms with Crippen LogP contribution in [0.5, 0.6) is 0 Å². The van der Waals surface area contributed by atoms with Gasteiger partial charge in [-0.3, -0.25) is 4.79 Å². The summed E-state index contributed by atoms with van der Waals surface area (Å²) < 4.78 is 11.3. The molecule has 8 heteroatoms. The van der Waals surface area contributed by atoms with Crippen LogP contribution in [0.3, 0.4) is 0 Å². The summed E-state index contributed by atoms with van der Waals surface area (Å²) in [5.41, 5.74) is 2.27. The molecule has 1 aliphatic carbocycles. The summed E-state index contributed by atoms with van der Waals surface area (Å²) in [6, 6.07) is 7.49. The molecule has 3 N–H and O–H groups in total. The molecule has 4 rings (SSSR count). The van der Waals surface area contributed by atoms with Gasteiger partial charge in [0.25, 0.3) is 0 Å². The van der Waals surface area contributed by atoms with Crippen LogP contribution in [-0.4, -0.2) is 42.4 Å². The first-order valence-corrected chi connectivity index (χ1v) is 10.3. The second-order valence-corrected chi connectivity index (χ2v) is 7.81. The first kappa shape index (κ1) is 20.4. The van der Waals surface area contributed by atoms with Crippen molar-refractivity contribution in [1.29, 1.82) is 5.41 Å². The number of hydrogen-bond donors (Lipinski definition) is 3. The average Bonchev–Trinajstić information content (AvgIpc) is 3.47. The van der Waals surface area contributed by atoms with Crippen molar-refractivity contribution in [2.45, 2.75) is 37.7 Å². The van der Waals surface area contributed by atoms with Gasteiger partial charge in [0, 0.05) is 49.6 Å². The van der Waals surface area contributed by atoms with Crippen LogP contribution in [0.1, 0.15) is 43.4 Å². The number of nitrogens with zero attached hydrogens (tertiary/aromatic N) is 2. The fraction of sp³-hybridized carbons (Fsp3) is 0.455. The number of carbonyl (C=O) groups is 1. The largest absolute Gasteiger partial charge is 0.378 e. The molecule has 158 valence electrons. The Morgan fingerprint density at radius 2 is 2.17 bits per heavy atom. The second kappa shape index (κ2) is 8.89. The van der Waals surface area contributed by atoms with Crippen LogP contribution in [0.2, 0.25) is 0 Å². The molecule has 2 aliphatic rings. The molecule has 2 fully saturated rings. The van der Waals surface area contributed by atoms with Gasteiger partial charge in [-0.2, -0.15) is 0 Å². The van der Waals surface area contributed by atoms with Gasteiger partial charge >= 0.3 is 0 Å². The maximum absolute atomic E-state index is 10.9. The number of hydrogen-bond acceptors (Lipinski definition) is 7. The standard InChI is InChI=1S/C22H27N5O3/c1-29-22(9-10-30-13-22)18-7-4-8-19(27-18)26-17-11-20(25-14-28)24-12-16(17)21(23)15-5-2-3-6-15/h4,7-8,11-12,14-15,23H,2-3,5-6,9-10,13H2,1H3,(H2,24,25,26,27,28). The Bertz CT molecular complexity index is 921. The Morgan fingerprint density at radius 1 is 1.33 bits per heavy atom. The summed E-state index contributed by atoms with van der Waals surface area (Å²) in [6.45, 7) is 1.11. The monoisotopic (exact) mass is 409 g/mol. The van der Waals surface area contributed by atoms with Crippen molar-refractivity contribution in [1.82, 2.24) is 9.97 Å². The van der Waals surface area contributed by atoms with E-state index in [2.05, 4.69) is 15.6 Å². The first-order chi connectivity index (χ1) is 14.6. The Morgan fingerprint density at radius 3 is 2.87 bits per heavy atom. The highest BCUT2D eigenvalue weighted by molar-refractivity contribution is 6.05. The fourth-order valence-corrected chi connectivity index (χ4v) is 4.26. The number of carbonyl (C=O) groups excluding carboxylic acids is 1. The molecule has 1 amide bonds. The van der Waals surface area contributed by atoms with E-state index in [9.17, 15) is 4.79 Å². The molecule has 1 atom stereocenters. The number of methoxy groups -OCH3 is 1. The van der Waals surface area contributed by atoms with Crippen LogP contribution in [0.15, 0.2) is 30.5 Å². The maximum atomic E-state index is 10.9. The lowest BCUT2D eigenvalue weighted by Crippen LogP contribution is -2.30. The zero-order valence-corrected chi connectivity index (χ0v) is 17.1. The van der Waals surface area contributed by atoms with Crippen LogP contribution < -0.4 is 10.6 Å². The predicted octanol–water partition coefficient (Wildman–Crippen LogP) is 3.61. The third-order valence-corrected chi connectivity index (χ3v) is 6.02. The van der Waals surface area contributed by atoms with Gasteiger partial charge in [0.05, 0.1) is 18.0 Å². The van der Waals surface area contributed by atoms with Gasteiger partial charge in [-0.25, -0.2) is 9.97 Å². The van der Waals surface area contributed by atoms with Crippen molar-refractivity contribution >= 4 is 29.4 Å². The molecule has 0 spiro atoms. The molecule has 30 heavy (non-hydrogen) atoms. The Balaban J connectivity index is 1.66. The number of aromatic nitrogens is 2. The summed E-state index contributed by atoms with van der Waals surface area (Å²) in [7, 11) is 1.68. The highest BCUT2D eigenvalue weighted by Gasteiger charge is 2.38. The molecule has 0 aromatic carbocycles. The molecular formula is C22H27N5O3. The zero-order valence-electron chi connectivity index (χ0n) is 17.1. The summed E-state index contributed by atoms with van der Waals surface area (Å²) in [5, 5.41) is 14.6. The molecule has 1 saturated carbocycles. The maximum Gasteiger partial charge on any atom is 0.212 e. The van der Waals surface area contributed by atoms with E-state index in [1.165, 1.54) is 0 Å². The van der Waals surface area contributed by atoms with E-state index in [0.29, 0.717) is 42.7 Å². The number of pyridine rings is 2. The average molecular weight is 409 g/mol. The molecular weight excluding hydrogens is 382 g/mol. The Kier molecular flexibility index (Phi) is 6.06. The van der Waals surface area contributed by atoms with Gasteiger partial charge in [-0.15, -0.1) is 0 Å². The van der Waals surface area contributed by atoms with Crippen LogP contribution >= 0.6 is 0 Å². The molecule has 8 nitrogen and oxygen atoms in total. The normalized spacial score (nSPS) is 21.5. The SMILES string of the molecule is COC1(c2cccc(Nc3cc(NC=O)ncc3C(=N)C3CCCC3)n2)CCOC1. The van der Waals surface area contributed by atoms with Crippen LogP contribution in [0.4, 0.5) is 17.3 Å².